The smallest absolute Gasteiger partial charge is 0.0995 e. The molecule has 0 saturated heterocycles. The van der Waals surface area contributed by atoms with E-state index in [9.17, 15) is 0 Å². The van der Waals surface area contributed by atoms with Crippen LogP contribution in [0.2, 0.25) is 0 Å². The average Bonchev–Trinajstić information content (AvgIpc) is 3.00. The van der Waals surface area contributed by atoms with Gasteiger partial charge < -0.3 is 5.73 Å². The Hall–Kier alpha value is -1.33. The van der Waals surface area contributed by atoms with Gasteiger partial charge in [-0.3, -0.25) is 0 Å². The van der Waals surface area contributed by atoms with Gasteiger partial charge in [0.25, 0.3) is 0 Å². The lowest BCUT2D eigenvalue weighted by Crippen LogP contribution is -2.13. The molecule has 0 heterocycles. The Morgan fingerprint density at radius 2 is 2.21 bits per heavy atom. The van der Waals surface area contributed by atoms with E-state index in [2.05, 4.69) is 6.07 Å². The summed E-state index contributed by atoms with van der Waals surface area (Å²) < 4.78 is 0. The van der Waals surface area contributed by atoms with E-state index in [1.807, 2.05) is 25.1 Å². The normalized spacial score (nSPS) is 17.5. The number of hydrogen-bond donors (Lipinski definition) is 1. The Morgan fingerprint density at radius 1 is 1.50 bits per heavy atom. The third-order valence-corrected chi connectivity index (χ3v) is 2.82. The van der Waals surface area contributed by atoms with Gasteiger partial charge in [0, 0.05) is 6.04 Å². The van der Waals surface area contributed by atoms with Gasteiger partial charge in [-0.1, -0.05) is 12.1 Å². The summed E-state index contributed by atoms with van der Waals surface area (Å²) in [4.78, 5) is 0. The standard InChI is InChI=1S/C12H14N2/c1-8-2-5-11(10(6-8)7-13)12(14)9-3-4-9/h2,5-6,9,12H,3-4,14H2,1H3. The van der Waals surface area contributed by atoms with Crippen molar-refractivity contribution in [3.05, 3.63) is 34.9 Å². The summed E-state index contributed by atoms with van der Waals surface area (Å²) >= 11 is 0. The highest BCUT2D eigenvalue weighted by Crippen LogP contribution is 2.40. The summed E-state index contributed by atoms with van der Waals surface area (Å²) in [5.41, 5.74) is 8.95. The molecular weight excluding hydrogens is 172 g/mol. The van der Waals surface area contributed by atoms with Gasteiger partial charge in [0.05, 0.1) is 11.6 Å². The van der Waals surface area contributed by atoms with E-state index in [-0.39, 0.29) is 6.04 Å². The molecule has 0 aliphatic heterocycles. The van der Waals surface area contributed by atoms with Crippen LogP contribution in [0.4, 0.5) is 0 Å². The van der Waals surface area contributed by atoms with Crippen molar-refractivity contribution in [3.8, 4) is 6.07 Å². The molecule has 2 rings (SSSR count). The first-order chi connectivity index (χ1) is 6.72. The van der Waals surface area contributed by atoms with Crippen LogP contribution >= 0.6 is 0 Å². The van der Waals surface area contributed by atoms with Gasteiger partial charge in [0.2, 0.25) is 0 Å². The van der Waals surface area contributed by atoms with Crippen molar-refractivity contribution in [2.75, 3.05) is 0 Å². The van der Waals surface area contributed by atoms with Crippen molar-refractivity contribution in [1.29, 1.82) is 5.26 Å². The van der Waals surface area contributed by atoms with Crippen LogP contribution < -0.4 is 5.73 Å². The maximum Gasteiger partial charge on any atom is 0.0995 e. The number of benzene rings is 1. The fraction of sp³-hybridized carbons (Fsp3) is 0.417. The molecule has 2 nitrogen and oxygen atoms in total. The molecule has 1 aliphatic rings. The molecule has 0 bridgehead atoms. The average molecular weight is 186 g/mol. The number of aryl methyl sites for hydroxylation is 1. The highest BCUT2D eigenvalue weighted by molar-refractivity contribution is 5.42. The van der Waals surface area contributed by atoms with Crippen LogP contribution in [-0.2, 0) is 0 Å². The first kappa shape index (κ1) is 9.23. The molecule has 1 aromatic rings. The van der Waals surface area contributed by atoms with Gasteiger partial charge in [0.1, 0.15) is 0 Å². The van der Waals surface area contributed by atoms with Crippen LogP contribution in [0.3, 0.4) is 0 Å². The van der Waals surface area contributed by atoms with Crippen molar-refractivity contribution in [3.63, 3.8) is 0 Å². The van der Waals surface area contributed by atoms with Gasteiger partial charge in [-0.25, -0.2) is 0 Å². The third kappa shape index (κ3) is 1.64. The van der Waals surface area contributed by atoms with Crippen LogP contribution in [0.25, 0.3) is 0 Å². The van der Waals surface area contributed by atoms with Crippen molar-refractivity contribution >= 4 is 0 Å². The molecule has 1 atom stereocenters. The predicted molar refractivity (Wildman–Crippen MR) is 55.5 cm³/mol. The summed E-state index contributed by atoms with van der Waals surface area (Å²) in [6.07, 6.45) is 2.42. The van der Waals surface area contributed by atoms with E-state index in [1.165, 1.54) is 12.8 Å². The van der Waals surface area contributed by atoms with Gasteiger partial charge in [0.15, 0.2) is 0 Å². The summed E-state index contributed by atoms with van der Waals surface area (Å²) in [6.45, 7) is 1.99. The second-order valence-corrected chi connectivity index (χ2v) is 4.07. The number of nitrogens with two attached hydrogens (primary N) is 1. The molecule has 0 spiro atoms. The number of rotatable bonds is 2. The summed E-state index contributed by atoms with van der Waals surface area (Å²) in [5.74, 6) is 0.602. The highest BCUT2D eigenvalue weighted by Gasteiger charge is 2.30. The van der Waals surface area contributed by atoms with Gasteiger partial charge in [-0.2, -0.15) is 5.26 Å². The molecule has 1 unspecified atom stereocenters. The van der Waals surface area contributed by atoms with Crippen LogP contribution in [0.15, 0.2) is 18.2 Å². The largest absolute Gasteiger partial charge is 0.324 e. The number of nitriles is 1. The zero-order valence-electron chi connectivity index (χ0n) is 8.33. The first-order valence-corrected chi connectivity index (χ1v) is 4.98. The minimum atomic E-state index is 0.0604. The Bertz CT molecular complexity index is 386. The van der Waals surface area contributed by atoms with Gasteiger partial charge >= 0.3 is 0 Å². The molecule has 1 fully saturated rings. The molecule has 0 amide bonds. The number of hydrogen-bond acceptors (Lipinski definition) is 2. The molecule has 1 aromatic carbocycles. The Kier molecular flexibility index (Phi) is 2.26. The first-order valence-electron chi connectivity index (χ1n) is 4.98. The molecule has 1 aliphatic carbocycles. The second-order valence-electron chi connectivity index (χ2n) is 4.07. The fourth-order valence-corrected chi connectivity index (χ4v) is 1.77. The monoisotopic (exact) mass is 186 g/mol. The van der Waals surface area contributed by atoms with E-state index >= 15 is 0 Å². The van der Waals surface area contributed by atoms with Crippen molar-refractivity contribution in [1.82, 2.24) is 0 Å². The fourth-order valence-electron chi connectivity index (χ4n) is 1.77. The molecule has 72 valence electrons. The lowest BCUT2D eigenvalue weighted by atomic mass is 9.97. The zero-order chi connectivity index (χ0) is 10.1. The molecule has 0 radical (unpaired) electrons. The lowest BCUT2D eigenvalue weighted by molar-refractivity contribution is 0.632. The number of nitrogens with zero attached hydrogens (tertiary/aromatic N) is 1. The van der Waals surface area contributed by atoms with E-state index in [0.717, 1.165) is 16.7 Å². The Labute approximate surface area is 84.3 Å². The molecular formula is C12H14N2. The maximum absolute atomic E-state index is 8.99. The molecule has 2 N–H and O–H groups in total. The van der Waals surface area contributed by atoms with Crippen LogP contribution in [0.5, 0.6) is 0 Å². The SMILES string of the molecule is Cc1ccc(C(N)C2CC2)c(C#N)c1. The summed E-state index contributed by atoms with van der Waals surface area (Å²) in [5, 5.41) is 8.99. The zero-order valence-corrected chi connectivity index (χ0v) is 8.33. The van der Waals surface area contributed by atoms with Crippen molar-refractivity contribution in [2.24, 2.45) is 11.7 Å². The minimum Gasteiger partial charge on any atom is -0.324 e. The van der Waals surface area contributed by atoms with Crippen LogP contribution in [-0.4, -0.2) is 0 Å². The van der Waals surface area contributed by atoms with Crippen molar-refractivity contribution in [2.45, 2.75) is 25.8 Å². The maximum atomic E-state index is 8.99. The van der Waals surface area contributed by atoms with Crippen LogP contribution in [0, 0.1) is 24.2 Å². The molecule has 2 heteroatoms. The predicted octanol–water partition coefficient (Wildman–Crippen LogP) is 2.28. The van der Waals surface area contributed by atoms with Crippen LogP contribution in [0.1, 0.15) is 35.6 Å². The van der Waals surface area contributed by atoms with E-state index in [0.29, 0.717) is 5.92 Å². The quantitative estimate of drug-likeness (QED) is 0.770. The van der Waals surface area contributed by atoms with E-state index in [4.69, 9.17) is 11.0 Å². The van der Waals surface area contributed by atoms with Crippen molar-refractivity contribution < 1.29 is 0 Å². The van der Waals surface area contributed by atoms with Gasteiger partial charge in [-0.05, 0) is 42.9 Å². The second kappa shape index (κ2) is 3.43. The van der Waals surface area contributed by atoms with E-state index in [1.54, 1.807) is 0 Å². The van der Waals surface area contributed by atoms with Gasteiger partial charge in [-0.15, -0.1) is 0 Å². The highest BCUT2D eigenvalue weighted by atomic mass is 14.7. The Morgan fingerprint density at radius 3 is 2.79 bits per heavy atom. The Balaban J connectivity index is 2.36. The summed E-state index contributed by atoms with van der Waals surface area (Å²) in [7, 11) is 0. The molecule has 0 aromatic heterocycles. The molecule has 14 heavy (non-hydrogen) atoms. The third-order valence-electron chi connectivity index (χ3n) is 2.82. The van der Waals surface area contributed by atoms with E-state index < -0.39 is 0 Å². The minimum absolute atomic E-state index is 0.0604. The topological polar surface area (TPSA) is 49.8 Å². The molecule has 1 saturated carbocycles. The lowest BCUT2D eigenvalue weighted by Gasteiger charge is -2.12. The summed E-state index contributed by atoms with van der Waals surface area (Å²) in [6, 6.07) is 8.22.